The highest BCUT2D eigenvalue weighted by Gasteiger charge is 2.12. The van der Waals surface area contributed by atoms with E-state index >= 15 is 0 Å². The van der Waals surface area contributed by atoms with Crippen LogP contribution in [-0.4, -0.2) is 27.4 Å². The van der Waals surface area contributed by atoms with Gasteiger partial charge in [0.2, 0.25) is 5.91 Å². The van der Waals surface area contributed by atoms with Crippen molar-refractivity contribution in [1.82, 2.24) is 14.3 Å². The van der Waals surface area contributed by atoms with Gasteiger partial charge in [-0.3, -0.25) is 9.48 Å². The zero-order chi connectivity index (χ0) is 19.7. The topological polar surface area (TPSA) is 61.1 Å². The van der Waals surface area contributed by atoms with Crippen molar-refractivity contribution in [3.05, 3.63) is 66.6 Å². The Morgan fingerprint density at radius 1 is 1.14 bits per heavy atom. The third-order valence-electron chi connectivity index (χ3n) is 4.58. The molecule has 0 atom stereocenters. The number of rotatable bonds is 5. The zero-order valence-corrected chi connectivity index (χ0v) is 15.5. The summed E-state index contributed by atoms with van der Waals surface area (Å²) in [6, 6.07) is 15.7. The predicted octanol–water partition coefficient (Wildman–Crippen LogP) is 3.83. The summed E-state index contributed by atoms with van der Waals surface area (Å²) in [5.74, 6) is 0.803. The van der Waals surface area contributed by atoms with Crippen LogP contribution in [0.1, 0.15) is 0 Å². The number of hydrogen-bond acceptors (Lipinski definition) is 3. The minimum Gasteiger partial charge on any atom is -0.497 e. The second-order valence-corrected chi connectivity index (χ2v) is 6.46. The fourth-order valence-electron chi connectivity index (χ4n) is 3.12. The molecule has 2 aromatic heterocycles. The average Bonchev–Trinajstić information content (AvgIpc) is 3.25. The standard InChI is InChI=1S/C21H19FN4O2/c1-25-20(12-18(24-25)14-4-7-17(28-2)8-5-14)23-21(27)13-26-10-9-15-3-6-16(22)11-19(15)26/h3-12H,13H2,1-2H3,(H,23,27). The number of carbonyl (C=O) groups is 1. The number of carbonyl (C=O) groups excluding carboxylic acids is 1. The molecule has 0 unspecified atom stereocenters. The summed E-state index contributed by atoms with van der Waals surface area (Å²) in [5.41, 5.74) is 2.34. The SMILES string of the molecule is COc1ccc(-c2cc(NC(=O)Cn3ccc4ccc(F)cc43)n(C)n2)cc1. The summed E-state index contributed by atoms with van der Waals surface area (Å²) in [6.07, 6.45) is 1.77. The van der Waals surface area contributed by atoms with Crippen molar-refractivity contribution in [3.63, 3.8) is 0 Å². The number of amides is 1. The first-order valence-corrected chi connectivity index (χ1v) is 8.76. The third-order valence-corrected chi connectivity index (χ3v) is 4.58. The van der Waals surface area contributed by atoms with Gasteiger partial charge in [-0.1, -0.05) is 0 Å². The molecular formula is C21H19FN4O2. The molecule has 0 bridgehead atoms. The third kappa shape index (κ3) is 3.46. The van der Waals surface area contributed by atoms with E-state index in [0.717, 1.165) is 22.4 Å². The minimum atomic E-state index is -0.330. The monoisotopic (exact) mass is 378 g/mol. The quantitative estimate of drug-likeness (QED) is 0.574. The number of nitrogens with zero attached hydrogens (tertiary/aromatic N) is 3. The van der Waals surface area contributed by atoms with Gasteiger partial charge in [0.25, 0.3) is 0 Å². The highest BCUT2D eigenvalue weighted by Crippen LogP contribution is 2.24. The molecule has 1 amide bonds. The van der Waals surface area contributed by atoms with Crippen LogP contribution < -0.4 is 10.1 Å². The number of halogens is 1. The van der Waals surface area contributed by atoms with Crippen molar-refractivity contribution in [1.29, 1.82) is 0 Å². The minimum absolute atomic E-state index is 0.0794. The van der Waals surface area contributed by atoms with Gasteiger partial charge >= 0.3 is 0 Å². The molecule has 1 N–H and O–H groups in total. The Balaban J connectivity index is 1.51. The Morgan fingerprint density at radius 3 is 2.68 bits per heavy atom. The van der Waals surface area contributed by atoms with Crippen LogP contribution in [0.2, 0.25) is 0 Å². The van der Waals surface area contributed by atoms with Crippen molar-refractivity contribution in [2.24, 2.45) is 7.05 Å². The zero-order valence-electron chi connectivity index (χ0n) is 15.5. The van der Waals surface area contributed by atoms with E-state index in [4.69, 9.17) is 4.74 Å². The van der Waals surface area contributed by atoms with Crippen LogP contribution in [0.3, 0.4) is 0 Å². The maximum Gasteiger partial charge on any atom is 0.245 e. The first kappa shape index (κ1) is 17.8. The van der Waals surface area contributed by atoms with Crippen LogP contribution in [0, 0.1) is 5.82 Å². The van der Waals surface area contributed by atoms with Crippen molar-refractivity contribution >= 4 is 22.6 Å². The van der Waals surface area contributed by atoms with Gasteiger partial charge in [-0.2, -0.15) is 5.10 Å². The summed E-state index contributed by atoms with van der Waals surface area (Å²) < 4.78 is 22.0. The number of aromatic nitrogens is 3. The number of anilines is 1. The first-order chi connectivity index (χ1) is 13.5. The second-order valence-electron chi connectivity index (χ2n) is 6.46. The maximum atomic E-state index is 13.5. The number of ether oxygens (including phenoxy) is 1. The number of nitrogens with one attached hydrogen (secondary N) is 1. The fourth-order valence-corrected chi connectivity index (χ4v) is 3.12. The van der Waals surface area contributed by atoms with Gasteiger partial charge in [-0.25, -0.2) is 4.39 Å². The molecule has 2 heterocycles. The fraction of sp³-hybridized carbons (Fsp3) is 0.143. The van der Waals surface area contributed by atoms with Gasteiger partial charge in [0.15, 0.2) is 0 Å². The summed E-state index contributed by atoms with van der Waals surface area (Å²) in [5, 5.41) is 8.20. The molecule has 0 aliphatic carbocycles. The van der Waals surface area contributed by atoms with Crippen LogP contribution in [-0.2, 0) is 18.4 Å². The lowest BCUT2D eigenvalue weighted by Crippen LogP contribution is -2.19. The second kappa shape index (κ2) is 7.19. The van der Waals surface area contributed by atoms with Crippen molar-refractivity contribution in [2.75, 3.05) is 12.4 Å². The molecule has 2 aromatic carbocycles. The smallest absolute Gasteiger partial charge is 0.245 e. The van der Waals surface area contributed by atoms with E-state index < -0.39 is 0 Å². The van der Waals surface area contributed by atoms with Gasteiger partial charge < -0.3 is 14.6 Å². The highest BCUT2D eigenvalue weighted by molar-refractivity contribution is 5.92. The number of fused-ring (bicyclic) bond motifs is 1. The molecule has 7 heteroatoms. The highest BCUT2D eigenvalue weighted by atomic mass is 19.1. The van der Waals surface area contributed by atoms with E-state index in [0.29, 0.717) is 11.3 Å². The normalized spacial score (nSPS) is 11.0. The summed E-state index contributed by atoms with van der Waals surface area (Å²) in [7, 11) is 3.38. The number of benzene rings is 2. The Bertz CT molecular complexity index is 1150. The number of hydrogen-bond donors (Lipinski definition) is 1. The summed E-state index contributed by atoms with van der Waals surface area (Å²) in [4.78, 5) is 12.5. The van der Waals surface area contributed by atoms with Gasteiger partial charge in [0, 0.05) is 24.9 Å². The first-order valence-electron chi connectivity index (χ1n) is 8.76. The lowest BCUT2D eigenvalue weighted by atomic mass is 10.1. The lowest BCUT2D eigenvalue weighted by Gasteiger charge is -2.07. The van der Waals surface area contributed by atoms with Gasteiger partial charge in [-0.05, 0) is 53.9 Å². The Kier molecular flexibility index (Phi) is 4.57. The van der Waals surface area contributed by atoms with E-state index in [1.165, 1.54) is 12.1 Å². The molecule has 0 aliphatic rings. The average molecular weight is 378 g/mol. The molecule has 0 fully saturated rings. The molecular weight excluding hydrogens is 359 g/mol. The van der Waals surface area contributed by atoms with E-state index in [1.807, 2.05) is 36.4 Å². The van der Waals surface area contributed by atoms with Crippen LogP contribution in [0.15, 0.2) is 60.8 Å². The molecule has 0 aliphatic heterocycles. The van der Waals surface area contributed by atoms with Crippen LogP contribution in [0.5, 0.6) is 5.75 Å². The van der Waals surface area contributed by atoms with E-state index in [2.05, 4.69) is 10.4 Å². The molecule has 4 aromatic rings. The van der Waals surface area contributed by atoms with E-state index in [1.54, 1.807) is 35.7 Å². The predicted molar refractivity (Wildman–Crippen MR) is 106 cm³/mol. The van der Waals surface area contributed by atoms with Crippen LogP contribution in [0.4, 0.5) is 10.2 Å². The molecule has 6 nitrogen and oxygen atoms in total. The van der Waals surface area contributed by atoms with Crippen LogP contribution >= 0.6 is 0 Å². The van der Waals surface area contributed by atoms with E-state index in [-0.39, 0.29) is 18.3 Å². The maximum absolute atomic E-state index is 13.5. The van der Waals surface area contributed by atoms with E-state index in [9.17, 15) is 9.18 Å². The number of methoxy groups -OCH3 is 1. The molecule has 28 heavy (non-hydrogen) atoms. The molecule has 4 rings (SSSR count). The molecule has 142 valence electrons. The van der Waals surface area contributed by atoms with Gasteiger partial charge in [-0.15, -0.1) is 0 Å². The molecule has 0 saturated carbocycles. The van der Waals surface area contributed by atoms with Gasteiger partial charge in [0.1, 0.15) is 23.9 Å². The largest absolute Gasteiger partial charge is 0.497 e. The molecule has 0 spiro atoms. The van der Waals surface area contributed by atoms with Crippen LogP contribution in [0.25, 0.3) is 22.2 Å². The Morgan fingerprint density at radius 2 is 1.93 bits per heavy atom. The summed E-state index contributed by atoms with van der Waals surface area (Å²) in [6.45, 7) is 0.0794. The summed E-state index contributed by atoms with van der Waals surface area (Å²) >= 11 is 0. The lowest BCUT2D eigenvalue weighted by molar-refractivity contribution is -0.116. The molecule has 0 radical (unpaired) electrons. The Labute approximate surface area is 161 Å². The van der Waals surface area contributed by atoms with Crippen molar-refractivity contribution in [3.8, 4) is 17.0 Å². The van der Waals surface area contributed by atoms with Crippen molar-refractivity contribution in [2.45, 2.75) is 6.54 Å². The molecule has 0 saturated heterocycles. The van der Waals surface area contributed by atoms with Crippen molar-refractivity contribution < 1.29 is 13.9 Å². The number of aryl methyl sites for hydroxylation is 1. The Hall–Kier alpha value is -3.61. The van der Waals surface area contributed by atoms with Gasteiger partial charge in [0.05, 0.1) is 18.3 Å².